The molecule has 0 saturated heterocycles. The van der Waals surface area contributed by atoms with E-state index in [0.29, 0.717) is 6.61 Å². The second-order valence-electron chi connectivity index (χ2n) is 3.97. The Morgan fingerprint density at radius 1 is 1.33 bits per heavy atom. The van der Waals surface area contributed by atoms with Crippen LogP contribution in [0.15, 0.2) is 23.1 Å². The van der Waals surface area contributed by atoms with E-state index in [1.165, 1.54) is 6.07 Å². The number of ether oxygens (including phenoxy) is 1. The van der Waals surface area contributed by atoms with Crippen LogP contribution in [0.4, 0.5) is 8.78 Å². The number of halogens is 2. The zero-order valence-electron chi connectivity index (χ0n) is 10.3. The van der Waals surface area contributed by atoms with Gasteiger partial charge in [0.05, 0.1) is 11.5 Å². The Hall–Kier alpha value is -1.17. The fourth-order valence-electron chi connectivity index (χ4n) is 1.46. The van der Waals surface area contributed by atoms with E-state index in [1.807, 2.05) is 6.92 Å². The lowest BCUT2D eigenvalue weighted by Gasteiger charge is -2.11. The maximum absolute atomic E-state index is 12.8. The summed E-state index contributed by atoms with van der Waals surface area (Å²) in [6.07, 6.45) is -0.184. The molecule has 0 atom stereocenters. The van der Waals surface area contributed by atoms with Crippen molar-refractivity contribution in [3.63, 3.8) is 0 Å². The van der Waals surface area contributed by atoms with Gasteiger partial charge in [0.1, 0.15) is 5.75 Å². The maximum atomic E-state index is 12.8. The smallest absolute Gasteiger partial charge is 0.265 e. The summed E-state index contributed by atoms with van der Waals surface area (Å²) < 4.78 is 53.6. The molecule has 0 saturated carbocycles. The second-order valence-corrected chi connectivity index (χ2v) is 5.96. The third kappa shape index (κ3) is 3.94. The van der Waals surface area contributed by atoms with Gasteiger partial charge in [-0.3, -0.25) is 0 Å². The number of benzene rings is 1. The van der Waals surface area contributed by atoms with Crippen molar-refractivity contribution in [1.29, 1.82) is 0 Å². The van der Waals surface area contributed by atoms with Gasteiger partial charge in [-0.1, -0.05) is 13.3 Å². The SMILES string of the molecule is CCCCOc1ccc(S(C)(=O)=O)c(C(F)F)c1. The van der Waals surface area contributed by atoms with Gasteiger partial charge in [0, 0.05) is 11.8 Å². The summed E-state index contributed by atoms with van der Waals surface area (Å²) in [5.41, 5.74) is -0.508. The molecule has 0 amide bonds. The van der Waals surface area contributed by atoms with Crippen molar-refractivity contribution in [3.05, 3.63) is 23.8 Å². The minimum atomic E-state index is -3.66. The Bertz CT molecular complexity index is 498. The summed E-state index contributed by atoms with van der Waals surface area (Å²) in [6.45, 7) is 2.41. The van der Waals surface area contributed by atoms with Crippen LogP contribution >= 0.6 is 0 Å². The first-order valence-electron chi connectivity index (χ1n) is 5.61. The third-order valence-electron chi connectivity index (χ3n) is 2.38. The molecule has 0 fully saturated rings. The van der Waals surface area contributed by atoms with Gasteiger partial charge in [-0.2, -0.15) is 0 Å². The molecule has 102 valence electrons. The first-order valence-corrected chi connectivity index (χ1v) is 7.50. The normalized spacial score (nSPS) is 11.8. The summed E-state index contributed by atoms with van der Waals surface area (Å²) in [5.74, 6) is 0.270. The molecular weight excluding hydrogens is 262 g/mol. The zero-order valence-corrected chi connectivity index (χ0v) is 11.1. The molecule has 1 rings (SSSR count). The van der Waals surface area contributed by atoms with Crippen molar-refractivity contribution in [2.24, 2.45) is 0 Å². The molecule has 0 unspecified atom stereocenters. The van der Waals surface area contributed by atoms with E-state index in [0.717, 1.165) is 31.2 Å². The monoisotopic (exact) mass is 278 g/mol. The molecule has 6 heteroatoms. The lowest BCUT2D eigenvalue weighted by molar-refractivity contribution is 0.147. The summed E-state index contributed by atoms with van der Waals surface area (Å²) in [4.78, 5) is -0.347. The number of unbranched alkanes of at least 4 members (excludes halogenated alkanes) is 1. The average Bonchev–Trinajstić information content (AvgIpc) is 2.27. The molecular formula is C12H16F2O3S. The Morgan fingerprint density at radius 3 is 2.50 bits per heavy atom. The standard InChI is InChI=1S/C12H16F2O3S/c1-3-4-7-17-9-5-6-11(18(2,15)16)10(8-9)12(13)14/h5-6,8,12H,3-4,7H2,1-2H3. The molecule has 0 N–H and O–H groups in total. The van der Waals surface area contributed by atoms with Gasteiger partial charge in [-0.25, -0.2) is 17.2 Å². The summed E-state index contributed by atoms with van der Waals surface area (Å²) >= 11 is 0. The van der Waals surface area contributed by atoms with E-state index >= 15 is 0 Å². The van der Waals surface area contributed by atoms with E-state index in [2.05, 4.69) is 0 Å². The van der Waals surface area contributed by atoms with Gasteiger partial charge >= 0.3 is 0 Å². The Morgan fingerprint density at radius 2 is 2.00 bits per heavy atom. The minimum absolute atomic E-state index is 0.270. The van der Waals surface area contributed by atoms with Gasteiger partial charge < -0.3 is 4.74 Å². The van der Waals surface area contributed by atoms with Crippen molar-refractivity contribution >= 4 is 9.84 Å². The Balaban J connectivity index is 3.04. The molecule has 0 aliphatic rings. The van der Waals surface area contributed by atoms with Crippen LogP contribution in [0.2, 0.25) is 0 Å². The molecule has 3 nitrogen and oxygen atoms in total. The van der Waals surface area contributed by atoms with Gasteiger partial charge in [-0.15, -0.1) is 0 Å². The lowest BCUT2D eigenvalue weighted by atomic mass is 10.2. The van der Waals surface area contributed by atoms with Crippen LogP contribution in [0.5, 0.6) is 5.75 Å². The van der Waals surface area contributed by atoms with Gasteiger partial charge in [0.25, 0.3) is 6.43 Å². The van der Waals surface area contributed by atoms with Crippen LogP contribution in [0, 0.1) is 0 Å². The predicted molar refractivity (Wildman–Crippen MR) is 64.9 cm³/mol. The maximum Gasteiger partial charge on any atom is 0.265 e. The molecule has 0 spiro atoms. The van der Waals surface area contributed by atoms with Crippen LogP contribution in [0.3, 0.4) is 0 Å². The highest BCUT2D eigenvalue weighted by Gasteiger charge is 2.20. The van der Waals surface area contributed by atoms with Crippen LogP contribution in [-0.4, -0.2) is 21.3 Å². The summed E-state index contributed by atoms with van der Waals surface area (Å²) in [6, 6.07) is 3.66. The number of rotatable bonds is 6. The van der Waals surface area contributed by atoms with Gasteiger partial charge in [0.15, 0.2) is 9.84 Å². The topological polar surface area (TPSA) is 43.4 Å². The minimum Gasteiger partial charge on any atom is -0.494 e. The molecule has 0 aliphatic heterocycles. The molecule has 1 aromatic rings. The largest absolute Gasteiger partial charge is 0.494 e. The van der Waals surface area contributed by atoms with E-state index in [1.54, 1.807) is 0 Å². The van der Waals surface area contributed by atoms with E-state index in [-0.39, 0.29) is 10.6 Å². The van der Waals surface area contributed by atoms with E-state index < -0.39 is 21.8 Å². The van der Waals surface area contributed by atoms with Gasteiger partial charge in [-0.05, 0) is 24.6 Å². The number of hydrogen-bond donors (Lipinski definition) is 0. The average molecular weight is 278 g/mol. The van der Waals surface area contributed by atoms with E-state index in [4.69, 9.17) is 4.74 Å². The van der Waals surface area contributed by atoms with Crippen LogP contribution in [0.1, 0.15) is 31.8 Å². The molecule has 0 aromatic heterocycles. The molecule has 1 aromatic carbocycles. The van der Waals surface area contributed by atoms with Crippen LogP contribution in [0.25, 0.3) is 0 Å². The lowest BCUT2D eigenvalue weighted by Crippen LogP contribution is -2.04. The predicted octanol–water partition coefficient (Wildman–Crippen LogP) is 3.21. The van der Waals surface area contributed by atoms with Crippen molar-refractivity contribution in [1.82, 2.24) is 0 Å². The summed E-state index contributed by atoms with van der Waals surface area (Å²) in [5, 5.41) is 0. The van der Waals surface area contributed by atoms with E-state index in [9.17, 15) is 17.2 Å². The third-order valence-corrected chi connectivity index (χ3v) is 3.55. The Kier molecular flexibility index (Phi) is 5.07. The fourth-order valence-corrected chi connectivity index (χ4v) is 2.35. The fraction of sp³-hybridized carbons (Fsp3) is 0.500. The highest BCUT2D eigenvalue weighted by atomic mass is 32.2. The van der Waals surface area contributed by atoms with Crippen molar-refractivity contribution < 1.29 is 21.9 Å². The van der Waals surface area contributed by atoms with Crippen LogP contribution in [-0.2, 0) is 9.84 Å². The van der Waals surface area contributed by atoms with Gasteiger partial charge in [0.2, 0.25) is 0 Å². The molecule has 0 bridgehead atoms. The first kappa shape index (κ1) is 14.9. The Labute approximate surface area is 106 Å². The molecule has 18 heavy (non-hydrogen) atoms. The molecule has 0 radical (unpaired) electrons. The van der Waals surface area contributed by atoms with Crippen molar-refractivity contribution in [2.75, 3.05) is 12.9 Å². The highest BCUT2D eigenvalue weighted by molar-refractivity contribution is 7.90. The summed E-state index contributed by atoms with van der Waals surface area (Å²) in [7, 11) is -3.66. The second kappa shape index (κ2) is 6.13. The zero-order chi connectivity index (χ0) is 13.8. The molecule has 0 aliphatic carbocycles. The quantitative estimate of drug-likeness (QED) is 0.750. The highest BCUT2D eigenvalue weighted by Crippen LogP contribution is 2.30. The molecule has 0 heterocycles. The first-order chi connectivity index (χ1) is 8.36. The van der Waals surface area contributed by atoms with Crippen molar-refractivity contribution in [2.45, 2.75) is 31.1 Å². The number of hydrogen-bond acceptors (Lipinski definition) is 3. The number of alkyl halides is 2. The van der Waals surface area contributed by atoms with Crippen LogP contribution < -0.4 is 4.74 Å². The number of sulfone groups is 1. The van der Waals surface area contributed by atoms with Crippen molar-refractivity contribution in [3.8, 4) is 5.75 Å².